The predicted octanol–water partition coefficient (Wildman–Crippen LogP) is 5.25. The monoisotopic (exact) mass is 498 g/mol. The van der Waals surface area contributed by atoms with Crippen LogP contribution in [0, 0.1) is 0 Å². The SMILES string of the molecule is Clc1ccc(OCc2ncc(Br)o2)c(Cl)c1.OCc1ncc(Br)o1. The number of halogens is 4. The molecule has 1 aromatic carbocycles. The predicted molar refractivity (Wildman–Crippen MR) is 95.1 cm³/mol. The van der Waals surface area contributed by atoms with Crippen molar-refractivity contribution in [2.45, 2.75) is 13.2 Å². The second kappa shape index (κ2) is 9.43. The normalized spacial score (nSPS) is 10.2. The number of rotatable bonds is 4. The molecule has 0 bridgehead atoms. The summed E-state index contributed by atoms with van der Waals surface area (Å²) in [5.74, 6) is 1.34. The lowest BCUT2D eigenvalue weighted by Gasteiger charge is -2.05. The van der Waals surface area contributed by atoms with E-state index in [2.05, 4.69) is 41.8 Å². The molecule has 0 radical (unpaired) electrons. The molecule has 0 aliphatic heterocycles. The molecule has 10 heteroatoms. The van der Waals surface area contributed by atoms with Crippen molar-refractivity contribution in [3.05, 3.63) is 61.8 Å². The van der Waals surface area contributed by atoms with Crippen molar-refractivity contribution in [3.8, 4) is 5.75 Å². The van der Waals surface area contributed by atoms with Gasteiger partial charge in [0, 0.05) is 5.02 Å². The van der Waals surface area contributed by atoms with Crippen molar-refractivity contribution in [1.29, 1.82) is 0 Å². The van der Waals surface area contributed by atoms with E-state index in [9.17, 15) is 0 Å². The van der Waals surface area contributed by atoms with Crippen molar-refractivity contribution in [2.24, 2.45) is 0 Å². The number of hydrogen-bond acceptors (Lipinski definition) is 6. The highest BCUT2D eigenvalue weighted by atomic mass is 79.9. The van der Waals surface area contributed by atoms with Crippen LogP contribution < -0.4 is 4.74 Å². The molecule has 0 amide bonds. The Kier molecular flexibility index (Phi) is 7.57. The lowest BCUT2D eigenvalue weighted by Crippen LogP contribution is -1.95. The molecule has 0 aliphatic rings. The van der Waals surface area contributed by atoms with Gasteiger partial charge in [0.1, 0.15) is 12.4 Å². The first kappa shape index (κ1) is 19.3. The van der Waals surface area contributed by atoms with Crippen LogP contribution in [0.5, 0.6) is 5.75 Å². The zero-order valence-corrected chi connectivity index (χ0v) is 16.6. The Morgan fingerprint density at radius 3 is 2.12 bits per heavy atom. The molecule has 3 rings (SSSR count). The molecule has 1 N–H and O–H groups in total. The molecular formula is C14H10Br2Cl2N2O4. The summed E-state index contributed by atoms with van der Waals surface area (Å²) in [6.07, 6.45) is 3.05. The number of aliphatic hydroxyl groups is 1. The Bertz CT molecular complexity index is 795. The first-order valence-electron chi connectivity index (χ1n) is 6.37. The van der Waals surface area contributed by atoms with Crippen molar-refractivity contribution >= 4 is 55.1 Å². The molecule has 0 unspecified atom stereocenters. The molecule has 2 heterocycles. The van der Waals surface area contributed by atoms with Crippen LogP contribution in [0.4, 0.5) is 0 Å². The third kappa shape index (κ3) is 6.10. The van der Waals surface area contributed by atoms with E-state index in [0.717, 1.165) is 0 Å². The van der Waals surface area contributed by atoms with Gasteiger partial charge in [-0.1, -0.05) is 23.2 Å². The van der Waals surface area contributed by atoms with Crippen molar-refractivity contribution < 1.29 is 18.7 Å². The van der Waals surface area contributed by atoms with E-state index in [4.69, 9.17) is 41.9 Å². The second-order valence-corrected chi connectivity index (χ2v) is 6.54. The molecule has 6 nitrogen and oxygen atoms in total. The summed E-state index contributed by atoms with van der Waals surface area (Å²) in [6, 6.07) is 5.01. The van der Waals surface area contributed by atoms with Crippen LogP contribution in [-0.2, 0) is 13.2 Å². The van der Waals surface area contributed by atoms with Gasteiger partial charge in [0.05, 0.1) is 17.4 Å². The molecule has 3 aromatic rings. The van der Waals surface area contributed by atoms with E-state index in [-0.39, 0.29) is 13.2 Å². The molecule has 0 aliphatic carbocycles. The van der Waals surface area contributed by atoms with Crippen LogP contribution in [0.25, 0.3) is 0 Å². The Balaban J connectivity index is 0.000000219. The molecule has 0 atom stereocenters. The minimum Gasteiger partial charge on any atom is -0.482 e. The summed E-state index contributed by atoms with van der Waals surface area (Å²) in [6.45, 7) is 0.0680. The van der Waals surface area contributed by atoms with Crippen molar-refractivity contribution in [1.82, 2.24) is 9.97 Å². The Morgan fingerprint density at radius 1 is 1.04 bits per heavy atom. The molecule has 0 spiro atoms. The van der Waals surface area contributed by atoms with E-state index in [0.29, 0.717) is 36.9 Å². The smallest absolute Gasteiger partial charge is 0.233 e. The third-order valence-electron chi connectivity index (χ3n) is 2.43. The Hall–Kier alpha value is -1.06. The quantitative estimate of drug-likeness (QED) is 0.527. The summed E-state index contributed by atoms with van der Waals surface area (Å²) in [5, 5.41) is 9.40. The van der Waals surface area contributed by atoms with Crippen LogP contribution in [-0.4, -0.2) is 15.1 Å². The number of hydrogen-bond donors (Lipinski definition) is 1. The van der Waals surface area contributed by atoms with Gasteiger partial charge in [-0.15, -0.1) is 0 Å². The standard InChI is InChI=1S/C10H6BrCl2NO2.C4H4BrNO2/c11-9-4-14-10(16-9)5-15-8-2-1-6(12)3-7(8)13;5-3-1-6-4(2-7)8-3/h1-4H,5H2;1,7H,2H2. The van der Waals surface area contributed by atoms with Crippen molar-refractivity contribution in [2.75, 3.05) is 0 Å². The average Bonchev–Trinajstić information content (AvgIpc) is 3.15. The summed E-state index contributed by atoms with van der Waals surface area (Å²) in [5.41, 5.74) is 0. The Labute approximate surface area is 164 Å². The molecular weight excluding hydrogens is 491 g/mol. The van der Waals surface area contributed by atoms with Gasteiger partial charge in [0.15, 0.2) is 15.9 Å². The maximum absolute atomic E-state index is 8.37. The van der Waals surface area contributed by atoms with Crippen molar-refractivity contribution in [3.63, 3.8) is 0 Å². The van der Waals surface area contributed by atoms with Gasteiger partial charge >= 0.3 is 0 Å². The zero-order chi connectivity index (χ0) is 17.5. The second-order valence-electron chi connectivity index (χ2n) is 4.14. The topological polar surface area (TPSA) is 81.5 Å². The molecule has 2 aromatic heterocycles. The van der Waals surface area contributed by atoms with Crippen LogP contribution in [0.2, 0.25) is 10.0 Å². The van der Waals surface area contributed by atoms with Gasteiger partial charge in [0.25, 0.3) is 0 Å². The zero-order valence-electron chi connectivity index (χ0n) is 11.9. The van der Waals surface area contributed by atoms with E-state index in [1.807, 2.05) is 0 Å². The molecule has 0 saturated carbocycles. The Morgan fingerprint density at radius 2 is 1.67 bits per heavy atom. The first-order valence-corrected chi connectivity index (χ1v) is 8.71. The van der Waals surface area contributed by atoms with Gasteiger partial charge in [-0.05, 0) is 50.1 Å². The number of ether oxygens (including phenoxy) is 1. The fourth-order valence-electron chi connectivity index (χ4n) is 1.45. The fraction of sp³-hybridized carbons (Fsp3) is 0.143. The lowest BCUT2D eigenvalue weighted by atomic mass is 10.3. The minimum absolute atomic E-state index is 0.147. The average molecular weight is 501 g/mol. The number of aromatic nitrogens is 2. The van der Waals surface area contributed by atoms with Gasteiger partial charge in [-0.2, -0.15) is 0 Å². The lowest BCUT2D eigenvalue weighted by molar-refractivity contribution is 0.238. The summed E-state index contributed by atoms with van der Waals surface area (Å²) < 4.78 is 16.5. The summed E-state index contributed by atoms with van der Waals surface area (Å²) in [4.78, 5) is 7.64. The minimum atomic E-state index is -0.147. The van der Waals surface area contributed by atoms with Crippen LogP contribution in [0.15, 0.2) is 48.8 Å². The third-order valence-corrected chi connectivity index (χ3v) is 3.69. The highest BCUT2D eigenvalue weighted by molar-refractivity contribution is 9.10. The largest absolute Gasteiger partial charge is 0.482 e. The highest BCUT2D eigenvalue weighted by Crippen LogP contribution is 2.28. The van der Waals surface area contributed by atoms with E-state index >= 15 is 0 Å². The van der Waals surface area contributed by atoms with E-state index in [1.165, 1.54) is 6.20 Å². The number of oxazole rings is 2. The van der Waals surface area contributed by atoms with E-state index in [1.54, 1.807) is 24.4 Å². The van der Waals surface area contributed by atoms with Crippen LogP contribution in [0.1, 0.15) is 11.8 Å². The van der Waals surface area contributed by atoms with Crippen LogP contribution >= 0.6 is 55.1 Å². The van der Waals surface area contributed by atoms with Gasteiger partial charge in [0.2, 0.25) is 11.8 Å². The molecule has 128 valence electrons. The number of aliphatic hydroxyl groups excluding tert-OH is 1. The fourth-order valence-corrected chi connectivity index (χ4v) is 2.49. The van der Waals surface area contributed by atoms with Gasteiger partial charge in [-0.25, -0.2) is 9.97 Å². The number of benzene rings is 1. The maximum atomic E-state index is 8.37. The van der Waals surface area contributed by atoms with E-state index < -0.39 is 0 Å². The molecule has 0 fully saturated rings. The summed E-state index contributed by atoms with van der Waals surface area (Å²) >= 11 is 17.9. The van der Waals surface area contributed by atoms with Crippen LogP contribution in [0.3, 0.4) is 0 Å². The number of nitrogens with zero attached hydrogens (tertiary/aromatic N) is 2. The maximum Gasteiger partial charge on any atom is 0.233 e. The summed E-state index contributed by atoms with van der Waals surface area (Å²) in [7, 11) is 0. The molecule has 0 saturated heterocycles. The highest BCUT2D eigenvalue weighted by Gasteiger charge is 2.06. The first-order chi connectivity index (χ1) is 11.5. The molecule has 24 heavy (non-hydrogen) atoms. The van der Waals surface area contributed by atoms with Gasteiger partial charge in [-0.3, -0.25) is 0 Å². The van der Waals surface area contributed by atoms with Gasteiger partial charge < -0.3 is 18.7 Å².